The Morgan fingerprint density at radius 1 is 1.13 bits per heavy atom. The molecule has 90 valence electrons. The summed E-state index contributed by atoms with van der Waals surface area (Å²) < 4.78 is 0. The molecule has 0 radical (unpaired) electrons. The van der Waals surface area contributed by atoms with Gasteiger partial charge in [-0.05, 0) is 57.9 Å². The van der Waals surface area contributed by atoms with Gasteiger partial charge >= 0.3 is 0 Å². The second-order valence-electron chi connectivity index (χ2n) is 6.72. The SMILES string of the molecule is CC(C)N(CCC(C)(C)C)C(C)C1CC1. The van der Waals surface area contributed by atoms with Gasteiger partial charge in [0.25, 0.3) is 0 Å². The van der Waals surface area contributed by atoms with E-state index >= 15 is 0 Å². The molecule has 1 rings (SSSR count). The highest BCUT2D eigenvalue weighted by Crippen LogP contribution is 2.36. The fourth-order valence-corrected chi connectivity index (χ4v) is 2.25. The molecule has 0 saturated heterocycles. The van der Waals surface area contributed by atoms with Gasteiger partial charge in [-0.15, -0.1) is 0 Å². The third-order valence-electron chi connectivity index (χ3n) is 3.61. The molecule has 1 aliphatic carbocycles. The molecule has 1 atom stereocenters. The third kappa shape index (κ3) is 4.55. The van der Waals surface area contributed by atoms with Crippen LogP contribution in [0, 0.1) is 11.3 Å². The van der Waals surface area contributed by atoms with Gasteiger partial charge in [0.1, 0.15) is 0 Å². The summed E-state index contributed by atoms with van der Waals surface area (Å²) in [6.07, 6.45) is 4.22. The molecular weight excluding hydrogens is 182 g/mol. The van der Waals surface area contributed by atoms with Crippen LogP contribution in [0.5, 0.6) is 0 Å². The van der Waals surface area contributed by atoms with Gasteiger partial charge in [-0.2, -0.15) is 0 Å². The summed E-state index contributed by atoms with van der Waals surface area (Å²) in [5, 5.41) is 0. The van der Waals surface area contributed by atoms with Crippen LogP contribution >= 0.6 is 0 Å². The molecule has 0 aromatic rings. The largest absolute Gasteiger partial charge is 0.298 e. The molecule has 0 spiro atoms. The van der Waals surface area contributed by atoms with E-state index in [9.17, 15) is 0 Å². The van der Waals surface area contributed by atoms with Gasteiger partial charge in [0.05, 0.1) is 0 Å². The van der Waals surface area contributed by atoms with E-state index in [-0.39, 0.29) is 0 Å². The van der Waals surface area contributed by atoms with Crippen molar-refractivity contribution >= 4 is 0 Å². The number of nitrogens with zero attached hydrogens (tertiary/aromatic N) is 1. The summed E-state index contributed by atoms with van der Waals surface area (Å²) in [7, 11) is 0. The normalized spacial score (nSPS) is 20.0. The highest BCUT2D eigenvalue weighted by molar-refractivity contribution is 4.87. The third-order valence-corrected chi connectivity index (χ3v) is 3.61. The molecular formula is C14H29N. The van der Waals surface area contributed by atoms with Crippen molar-refractivity contribution < 1.29 is 0 Å². The first kappa shape index (κ1) is 13.0. The Hall–Kier alpha value is -0.0400. The average molecular weight is 211 g/mol. The van der Waals surface area contributed by atoms with Crippen LogP contribution in [0.3, 0.4) is 0 Å². The van der Waals surface area contributed by atoms with Crippen LogP contribution in [0.1, 0.15) is 60.8 Å². The van der Waals surface area contributed by atoms with Crippen molar-refractivity contribution in [2.45, 2.75) is 72.9 Å². The number of hydrogen-bond acceptors (Lipinski definition) is 1. The molecule has 1 unspecified atom stereocenters. The maximum absolute atomic E-state index is 2.70. The summed E-state index contributed by atoms with van der Waals surface area (Å²) in [5.74, 6) is 0.993. The molecule has 0 amide bonds. The van der Waals surface area contributed by atoms with Crippen LogP contribution in [0.4, 0.5) is 0 Å². The van der Waals surface area contributed by atoms with E-state index in [1.54, 1.807) is 0 Å². The first-order valence-electron chi connectivity index (χ1n) is 6.57. The first-order chi connectivity index (χ1) is 6.81. The van der Waals surface area contributed by atoms with E-state index in [0.29, 0.717) is 11.5 Å². The van der Waals surface area contributed by atoms with Gasteiger partial charge in [0.15, 0.2) is 0 Å². The van der Waals surface area contributed by atoms with Crippen molar-refractivity contribution in [2.24, 2.45) is 11.3 Å². The Morgan fingerprint density at radius 3 is 2.00 bits per heavy atom. The van der Waals surface area contributed by atoms with Crippen molar-refractivity contribution in [3.05, 3.63) is 0 Å². The first-order valence-corrected chi connectivity index (χ1v) is 6.57. The molecule has 0 aromatic carbocycles. The quantitative estimate of drug-likeness (QED) is 0.666. The van der Waals surface area contributed by atoms with Gasteiger partial charge in [-0.1, -0.05) is 20.8 Å². The smallest absolute Gasteiger partial charge is 0.00979 e. The highest BCUT2D eigenvalue weighted by Gasteiger charge is 2.33. The van der Waals surface area contributed by atoms with E-state index in [1.807, 2.05) is 0 Å². The van der Waals surface area contributed by atoms with E-state index in [4.69, 9.17) is 0 Å². The van der Waals surface area contributed by atoms with Gasteiger partial charge in [0, 0.05) is 12.1 Å². The molecule has 0 heterocycles. The molecule has 1 saturated carbocycles. The molecule has 0 aromatic heterocycles. The number of hydrogen-bond donors (Lipinski definition) is 0. The summed E-state index contributed by atoms with van der Waals surface area (Å²) in [6, 6.07) is 1.50. The molecule has 1 fully saturated rings. The molecule has 1 nitrogen and oxygen atoms in total. The predicted molar refractivity (Wildman–Crippen MR) is 68.1 cm³/mol. The zero-order chi connectivity index (χ0) is 11.6. The maximum Gasteiger partial charge on any atom is 0.00979 e. The highest BCUT2D eigenvalue weighted by atomic mass is 15.2. The summed E-state index contributed by atoms with van der Waals surface area (Å²) >= 11 is 0. The maximum atomic E-state index is 2.70. The molecule has 0 N–H and O–H groups in total. The topological polar surface area (TPSA) is 3.24 Å². The van der Waals surface area contributed by atoms with E-state index in [2.05, 4.69) is 46.4 Å². The second kappa shape index (κ2) is 4.86. The van der Waals surface area contributed by atoms with Gasteiger partial charge < -0.3 is 0 Å². The lowest BCUT2D eigenvalue weighted by Crippen LogP contribution is -2.41. The van der Waals surface area contributed by atoms with Crippen LogP contribution < -0.4 is 0 Å². The molecule has 0 aliphatic heterocycles. The Bertz CT molecular complexity index is 186. The number of rotatable bonds is 5. The molecule has 1 heteroatoms. The Balaban J connectivity index is 2.43. The van der Waals surface area contributed by atoms with Crippen LogP contribution in [-0.4, -0.2) is 23.5 Å². The van der Waals surface area contributed by atoms with Gasteiger partial charge in [-0.25, -0.2) is 0 Å². The lowest BCUT2D eigenvalue weighted by atomic mass is 9.91. The summed E-state index contributed by atoms with van der Waals surface area (Å²) in [4.78, 5) is 2.70. The zero-order valence-corrected chi connectivity index (χ0v) is 11.5. The second-order valence-corrected chi connectivity index (χ2v) is 6.72. The van der Waals surface area contributed by atoms with Crippen LogP contribution in [0.2, 0.25) is 0 Å². The minimum absolute atomic E-state index is 0.469. The van der Waals surface area contributed by atoms with E-state index in [0.717, 1.165) is 12.0 Å². The average Bonchev–Trinajstić information content (AvgIpc) is 2.82. The van der Waals surface area contributed by atoms with Crippen LogP contribution in [0.15, 0.2) is 0 Å². The minimum Gasteiger partial charge on any atom is -0.298 e. The van der Waals surface area contributed by atoms with Crippen molar-refractivity contribution in [2.75, 3.05) is 6.54 Å². The Morgan fingerprint density at radius 2 is 1.67 bits per heavy atom. The van der Waals surface area contributed by atoms with Crippen molar-refractivity contribution in [3.63, 3.8) is 0 Å². The van der Waals surface area contributed by atoms with E-state index in [1.165, 1.54) is 25.8 Å². The Labute approximate surface area is 96.2 Å². The standard InChI is InChI=1S/C14H29N/c1-11(2)15(10-9-14(4,5)6)12(3)13-7-8-13/h11-13H,7-10H2,1-6H3. The summed E-state index contributed by atoms with van der Waals surface area (Å²) in [5.41, 5.74) is 0.469. The Kier molecular flexibility index (Phi) is 4.22. The fourth-order valence-electron chi connectivity index (χ4n) is 2.25. The van der Waals surface area contributed by atoms with Crippen molar-refractivity contribution in [1.82, 2.24) is 4.90 Å². The predicted octanol–water partition coefficient (Wildman–Crippen LogP) is 3.93. The monoisotopic (exact) mass is 211 g/mol. The molecule has 1 aliphatic rings. The molecule has 0 bridgehead atoms. The van der Waals surface area contributed by atoms with E-state index < -0.39 is 0 Å². The molecule has 15 heavy (non-hydrogen) atoms. The van der Waals surface area contributed by atoms with Gasteiger partial charge in [-0.3, -0.25) is 4.90 Å². The minimum atomic E-state index is 0.469. The fraction of sp³-hybridized carbons (Fsp3) is 1.00. The lowest BCUT2D eigenvalue weighted by Gasteiger charge is -2.35. The van der Waals surface area contributed by atoms with Crippen molar-refractivity contribution in [1.29, 1.82) is 0 Å². The lowest BCUT2D eigenvalue weighted by molar-refractivity contribution is 0.128. The van der Waals surface area contributed by atoms with Gasteiger partial charge in [0.2, 0.25) is 0 Å². The zero-order valence-electron chi connectivity index (χ0n) is 11.5. The van der Waals surface area contributed by atoms with Crippen LogP contribution in [-0.2, 0) is 0 Å². The van der Waals surface area contributed by atoms with Crippen LogP contribution in [0.25, 0.3) is 0 Å². The van der Waals surface area contributed by atoms with Crippen molar-refractivity contribution in [3.8, 4) is 0 Å². The summed E-state index contributed by atoms with van der Waals surface area (Å²) in [6.45, 7) is 15.4.